The maximum atomic E-state index is 12.6. The number of nitrogens with one attached hydrogen (secondary N) is 1. The standard InChI is InChI=1S/C20H23ClN4O2/c1-15(26)24-9-11-25(12-10-24)20(27)17-5-6-19(23-14-17)22-8-7-16-3-2-4-18(21)13-16/h2-6,13-14H,7-12H2,1H3,(H,22,23). The van der Waals surface area contributed by atoms with E-state index in [4.69, 9.17) is 11.6 Å². The molecule has 6 nitrogen and oxygen atoms in total. The Kier molecular flexibility index (Phi) is 6.29. The first kappa shape index (κ1) is 19.2. The maximum Gasteiger partial charge on any atom is 0.255 e. The molecule has 27 heavy (non-hydrogen) atoms. The lowest BCUT2D eigenvalue weighted by Crippen LogP contribution is -2.50. The zero-order chi connectivity index (χ0) is 19.2. The van der Waals surface area contributed by atoms with Gasteiger partial charge >= 0.3 is 0 Å². The lowest BCUT2D eigenvalue weighted by Gasteiger charge is -2.34. The predicted molar refractivity (Wildman–Crippen MR) is 106 cm³/mol. The second-order valence-electron chi connectivity index (χ2n) is 6.54. The minimum absolute atomic E-state index is 0.0452. The predicted octanol–water partition coefficient (Wildman–Crippen LogP) is 2.69. The van der Waals surface area contributed by atoms with Gasteiger partial charge in [0, 0.05) is 50.9 Å². The summed E-state index contributed by atoms with van der Waals surface area (Å²) in [7, 11) is 0. The molecule has 2 amide bonds. The SMILES string of the molecule is CC(=O)N1CCN(C(=O)c2ccc(NCCc3cccc(Cl)c3)nc2)CC1. The summed E-state index contributed by atoms with van der Waals surface area (Å²) < 4.78 is 0. The van der Waals surface area contributed by atoms with Crippen molar-refractivity contribution in [3.05, 3.63) is 58.7 Å². The van der Waals surface area contributed by atoms with E-state index in [0.717, 1.165) is 29.4 Å². The van der Waals surface area contributed by atoms with Crippen LogP contribution in [0.2, 0.25) is 5.02 Å². The van der Waals surface area contributed by atoms with Crippen molar-refractivity contribution in [3.63, 3.8) is 0 Å². The summed E-state index contributed by atoms with van der Waals surface area (Å²) in [6, 6.07) is 11.4. The molecule has 0 saturated carbocycles. The molecule has 2 aromatic rings. The highest BCUT2D eigenvalue weighted by atomic mass is 35.5. The second-order valence-corrected chi connectivity index (χ2v) is 6.97. The monoisotopic (exact) mass is 386 g/mol. The van der Waals surface area contributed by atoms with Gasteiger partial charge in [-0.2, -0.15) is 0 Å². The number of anilines is 1. The fourth-order valence-electron chi connectivity index (χ4n) is 3.06. The summed E-state index contributed by atoms with van der Waals surface area (Å²) in [5, 5.41) is 3.99. The Labute approximate surface area is 164 Å². The van der Waals surface area contributed by atoms with Gasteiger partial charge in [0.05, 0.1) is 5.56 Å². The summed E-state index contributed by atoms with van der Waals surface area (Å²) in [4.78, 5) is 31.8. The summed E-state index contributed by atoms with van der Waals surface area (Å²) in [5.41, 5.74) is 1.72. The fourth-order valence-corrected chi connectivity index (χ4v) is 3.27. The van der Waals surface area contributed by atoms with E-state index in [1.165, 1.54) is 0 Å². The van der Waals surface area contributed by atoms with Crippen LogP contribution in [0.3, 0.4) is 0 Å². The summed E-state index contributed by atoms with van der Waals surface area (Å²) in [6.07, 6.45) is 2.44. The number of hydrogen-bond donors (Lipinski definition) is 1. The van der Waals surface area contributed by atoms with Crippen LogP contribution in [-0.2, 0) is 11.2 Å². The van der Waals surface area contributed by atoms with Gasteiger partial charge in [-0.05, 0) is 36.2 Å². The third-order valence-corrected chi connectivity index (χ3v) is 4.87. The van der Waals surface area contributed by atoms with E-state index < -0.39 is 0 Å². The summed E-state index contributed by atoms with van der Waals surface area (Å²) in [6.45, 7) is 4.55. The first-order valence-corrected chi connectivity index (χ1v) is 9.40. The lowest BCUT2D eigenvalue weighted by atomic mass is 10.1. The molecule has 2 heterocycles. The number of benzene rings is 1. The third-order valence-electron chi connectivity index (χ3n) is 4.63. The minimum atomic E-state index is -0.0452. The minimum Gasteiger partial charge on any atom is -0.370 e. The number of nitrogens with zero attached hydrogens (tertiary/aromatic N) is 3. The van der Waals surface area contributed by atoms with Crippen molar-refractivity contribution in [2.75, 3.05) is 38.0 Å². The van der Waals surface area contributed by atoms with Crippen LogP contribution in [0.4, 0.5) is 5.82 Å². The van der Waals surface area contributed by atoms with Crippen LogP contribution in [-0.4, -0.2) is 59.3 Å². The molecule has 0 unspecified atom stereocenters. The van der Waals surface area contributed by atoms with E-state index in [1.54, 1.807) is 29.0 Å². The Balaban J connectivity index is 1.49. The number of carbonyl (C=O) groups excluding carboxylic acids is 2. The molecule has 1 aliphatic heterocycles. The van der Waals surface area contributed by atoms with Crippen molar-refractivity contribution in [1.82, 2.24) is 14.8 Å². The summed E-state index contributed by atoms with van der Waals surface area (Å²) in [5.74, 6) is 0.739. The van der Waals surface area contributed by atoms with E-state index in [1.807, 2.05) is 30.3 Å². The first-order chi connectivity index (χ1) is 13.0. The van der Waals surface area contributed by atoms with Crippen molar-refractivity contribution in [1.29, 1.82) is 0 Å². The molecular weight excluding hydrogens is 364 g/mol. The number of pyridine rings is 1. The zero-order valence-corrected chi connectivity index (χ0v) is 16.1. The zero-order valence-electron chi connectivity index (χ0n) is 15.3. The van der Waals surface area contributed by atoms with Crippen LogP contribution in [0, 0.1) is 0 Å². The highest BCUT2D eigenvalue weighted by Crippen LogP contribution is 2.13. The van der Waals surface area contributed by atoms with Crippen LogP contribution < -0.4 is 5.32 Å². The molecule has 3 rings (SSSR count). The van der Waals surface area contributed by atoms with Crippen LogP contribution >= 0.6 is 11.6 Å². The number of aromatic nitrogens is 1. The van der Waals surface area contributed by atoms with Gasteiger partial charge in [0.2, 0.25) is 5.91 Å². The van der Waals surface area contributed by atoms with Crippen molar-refractivity contribution < 1.29 is 9.59 Å². The largest absolute Gasteiger partial charge is 0.370 e. The maximum absolute atomic E-state index is 12.6. The van der Waals surface area contributed by atoms with E-state index in [2.05, 4.69) is 10.3 Å². The summed E-state index contributed by atoms with van der Waals surface area (Å²) >= 11 is 5.99. The van der Waals surface area contributed by atoms with Gasteiger partial charge in [0.15, 0.2) is 0 Å². The molecule has 0 atom stereocenters. The molecule has 1 aromatic carbocycles. The fraction of sp³-hybridized carbons (Fsp3) is 0.350. The second kappa shape index (κ2) is 8.86. The van der Waals surface area contributed by atoms with Crippen LogP contribution in [0.25, 0.3) is 0 Å². The molecule has 0 spiro atoms. The third kappa shape index (κ3) is 5.20. The van der Waals surface area contributed by atoms with Crippen LogP contribution in [0.5, 0.6) is 0 Å². The molecule has 1 aliphatic rings. The highest BCUT2D eigenvalue weighted by Gasteiger charge is 2.23. The van der Waals surface area contributed by atoms with Gasteiger partial charge in [-0.3, -0.25) is 9.59 Å². The average Bonchev–Trinajstić information content (AvgIpc) is 2.68. The van der Waals surface area contributed by atoms with Gasteiger partial charge < -0.3 is 15.1 Å². The number of halogens is 1. The molecule has 1 N–H and O–H groups in total. The quantitative estimate of drug-likeness (QED) is 0.858. The Hall–Kier alpha value is -2.60. The van der Waals surface area contributed by atoms with Gasteiger partial charge in [0.25, 0.3) is 5.91 Å². The van der Waals surface area contributed by atoms with Crippen LogP contribution in [0.1, 0.15) is 22.8 Å². The van der Waals surface area contributed by atoms with Gasteiger partial charge in [0.1, 0.15) is 5.82 Å². The number of amides is 2. The van der Waals surface area contributed by atoms with Gasteiger partial charge in [-0.25, -0.2) is 4.98 Å². The molecule has 0 radical (unpaired) electrons. The van der Waals surface area contributed by atoms with Gasteiger partial charge in [-0.15, -0.1) is 0 Å². The number of hydrogen-bond acceptors (Lipinski definition) is 4. The van der Waals surface area contributed by atoms with Crippen molar-refractivity contribution in [2.24, 2.45) is 0 Å². The van der Waals surface area contributed by atoms with E-state index >= 15 is 0 Å². The Morgan fingerprint density at radius 3 is 2.48 bits per heavy atom. The lowest BCUT2D eigenvalue weighted by molar-refractivity contribution is -0.130. The molecule has 0 bridgehead atoms. The first-order valence-electron chi connectivity index (χ1n) is 9.02. The molecule has 142 valence electrons. The molecule has 1 aromatic heterocycles. The van der Waals surface area contributed by atoms with Crippen molar-refractivity contribution >= 4 is 29.2 Å². The van der Waals surface area contributed by atoms with E-state index in [0.29, 0.717) is 31.7 Å². The van der Waals surface area contributed by atoms with E-state index in [9.17, 15) is 9.59 Å². The highest BCUT2D eigenvalue weighted by molar-refractivity contribution is 6.30. The normalized spacial score (nSPS) is 14.1. The molecule has 7 heteroatoms. The average molecular weight is 387 g/mol. The smallest absolute Gasteiger partial charge is 0.255 e. The van der Waals surface area contributed by atoms with Crippen molar-refractivity contribution in [2.45, 2.75) is 13.3 Å². The molecular formula is C20H23ClN4O2. The molecule has 1 fully saturated rings. The Morgan fingerprint density at radius 2 is 1.85 bits per heavy atom. The number of rotatable bonds is 5. The number of piperazine rings is 1. The van der Waals surface area contributed by atoms with E-state index in [-0.39, 0.29) is 11.8 Å². The number of carbonyl (C=O) groups is 2. The van der Waals surface area contributed by atoms with Gasteiger partial charge in [-0.1, -0.05) is 23.7 Å². The van der Waals surface area contributed by atoms with Crippen molar-refractivity contribution in [3.8, 4) is 0 Å². The van der Waals surface area contributed by atoms with Crippen LogP contribution in [0.15, 0.2) is 42.6 Å². The molecule has 0 aliphatic carbocycles. The topological polar surface area (TPSA) is 65.5 Å². The Bertz CT molecular complexity index is 802. The Morgan fingerprint density at radius 1 is 1.11 bits per heavy atom. The molecule has 1 saturated heterocycles.